The summed E-state index contributed by atoms with van der Waals surface area (Å²) in [6.45, 7) is 0. The van der Waals surface area contributed by atoms with Crippen molar-refractivity contribution in [2.45, 2.75) is 0 Å². The summed E-state index contributed by atoms with van der Waals surface area (Å²) in [5.74, 6) is 1.51. The van der Waals surface area contributed by atoms with Crippen LogP contribution in [-0.4, -0.2) is 24.4 Å². The molecule has 0 atom stereocenters. The molecule has 1 heterocycles. The summed E-state index contributed by atoms with van der Waals surface area (Å²) in [4.78, 5) is 3.94. The average molecular weight is 221 g/mol. The molecule has 2 rings (SSSR count). The van der Waals surface area contributed by atoms with Crippen molar-refractivity contribution in [2.24, 2.45) is 0 Å². The fourth-order valence-electron chi connectivity index (χ4n) is 1.40. The molecular weight excluding hydrogens is 210 g/mol. The predicted molar refractivity (Wildman–Crippen MR) is 57.3 cm³/mol. The quantitative estimate of drug-likeness (QED) is 0.841. The zero-order valence-electron chi connectivity index (χ0n) is 8.93. The van der Waals surface area contributed by atoms with Gasteiger partial charge in [-0.2, -0.15) is 4.98 Å². The Morgan fingerprint density at radius 1 is 1.19 bits per heavy atom. The van der Waals surface area contributed by atoms with E-state index in [9.17, 15) is 0 Å². The fourth-order valence-corrected chi connectivity index (χ4v) is 1.40. The molecule has 0 unspecified atom stereocenters. The van der Waals surface area contributed by atoms with Crippen LogP contribution in [0.25, 0.3) is 11.5 Å². The molecule has 0 radical (unpaired) electrons. The first kappa shape index (κ1) is 10.3. The number of aromatic nitrogens is 2. The van der Waals surface area contributed by atoms with Crippen molar-refractivity contribution in [3.8, 4) is 23.0 Å². The Morgan fingerprint density at radius 2 is 1.81 bits per heavy atom. The van der Waals surface area contributed by atoms with Crippen LogP contribution in [-0.2, 0) is 0 Å². The van der Waals surface area contributed by atoms with Crippen LogP contribution in [0.1, 0.15) is 0 Å². The van der Waals surface area contributed by atoms with E-state index in [1.54, 1.807) is 32.4 Å². The highest BCUT2D eigenvalue weighted by atomic mass is 16.5. The smallest absolute Gasteiger partial charge is 0.267 e. The van der Waals surface area contributed by atoms with Crippen molar-refractivity contribution in [3.63, 3.8) is 0 Å². The van der Waals surface area contributed by atoms with Crippen LogP contribution in [0.2, 0.25) is 0 Å². The average Bonchev–Trinajstić information content (AvgIpc) is 2.74. The number of ether oxygens (including phenoxy) is 2. The SMILES string of the molecule is COc1cccc(OC)c1-c1nc(N)no1. The molecule has 0 fully saturated rings. The minimum Gasteiger partial charge on any atom is -0.496 e. The van der Waals surface area contributed by atoms with Gasteiger partial charge in [0, 0.05) is 0 Å². The second-order valence-electron chi connectivity index (χ2n) is 3.00. The van der Waals surface area contributed by atoms with Gasteiger partial charge in [0.15, 0.2) is 0 Å². The van der Waals surface area contributed by atoms with Gasteiger partial charge in [-0.3, -0.25) is 0 Å². The number of methoxy groups -OCH3 is 2. The molecule has 6 heteroatoms. The van der Waals surface area contributed by atoms with Crippen LogP contribution in [0, 0.1) is 0 Å². The molecule has 16 heavy (non-hydrogen) atoms. The third kappa shape index (κ3) is 1.65. The topological polar surface area (TPSA) is 83.4 Å². The van der Waals surface area contributed by atoms with Gasteiger partial charge in [-0.15, -0.1) is 0 Å². The van der Waals surface area contributed by atoms with Crippen LogP contribution in [0.5, 0.6) is 11.5 Å². The van der Waals surface area contributed by atoms with Crippen molar-refractivity contribution in [3.05, 3.63) is 18.2 Å². The van der Waals surface area contributed by atoms with Crippen molar-refractivity contribution < 1.29 is 14.0 Å². The molecule has 0 saturated carbocycles. The first-order valence-electron chi connectivity index (χ1n) is 4.56. The molecule has 0 bridgehead atoms. The van der Waals surface area contributed by atoms with Gasteiger partial charge >= 0.3 is 0 Å². The number of nitrogen functional groups attached to an aromatic ring is 1. The summed E-state index contributed by atoms with van der Waals surface area (Å²) < 4.78 is 15.4. The highest BCUT2D eigenvalue weighted by molar-refractivity contribution is 5.71. The maximum atomic E-state index is 5.40. The highest BCUT2D eigenvalue weighted by Crippen LogP contribution is 2.37. The molecule has 0 aliphatic carbocycles. The van der Waals surface area contributed by atoms with Crippen molar-refractivity contribution in [1.82, 2.24) is 10.1 Å². The van der Waals surface area contributed by atoms with E-state index in [4.69, 9.17) is 19.7 Å². The zero-order chi connectivity index (χ0) is 11.5. The van der Waals surface area contributed by atoms with Crippen LogP contribution in [0.3, 0.4) is 0 Å². The normalized spacial score (nSPS) is 10.1. The van der Waals surface area contributed by atoms with Crippen LogP contribution in [0.15, 0.2) is 22.7 Å². The minimum atomic E-state index is 0.0722. The number of hydrogen-bond donors (Lipinski definition) is 1. The molecule has 1 aromatic heterocycles. The van der Waals surface area contributed by atoms with Crippen LogP contribution < -0.4 is 15.2 Å². The van der Waals surface area contributed by atoms with Crippen LogP contribution >= 0.6 is 0 Å². The Bertz CT molecular complexity index is 474. The summed E-state index contributed by atoms with van der Waals surface area (Å²) in [5.41, 5.74) is 6.00. The van der Waals surface area contributed by atoms with Crippen LogP contribution in [0.4, 0.5) is 5.95 Å². The maximum Gasteiger partial charge on any atom is 0.267 e. The second-order valence-corrected chi connectivity index (χ2v) is 3.00. The summed E-state index contributed by atoms with van der Waals surface area (Å²) >= 11 is 0. The number of nitrogens with two attached hydrogens (primary N) is 1. The lowest BCUT2D eigenvalue weighted by molar-refractivity contribution is 0.386. The van der Waals surface area contributed by atoms with Crippen molar-refractivity contribution in [1.29, 1.82) is 0 Å². The predicted octanol–water partition coefficient (Wildman–Crippen LogP) is 1.34. The second kappa shape index (κ2) is 4.09. The highest BCUT2D eigenvalue weighted by Gasteiger charge is 2.17. The molecule has 0 saturated heterocycles. The number of nitrogens with zero attached hydrogens (tertiary/aromatic N) is 2. The summed E-state index contributed by atoms with van der Waals surface area (Å²) in [6, 6.07) is 5.36. The molecule has 0 aliphatic rings. The first-order chi connectivity index (χ1) is 7.76. The molecule has 0 aliphatic heterocycles. The van der Waals surface area contributed by atoms with E-state index in [1.165, 1.54) is 0 Å². The first-order valence-corrected chi connectivity index (χ1v) is 4.56. The summed E-state index contributed by atoms with van der Waals surface area (Å²) in [6.07, 6.45) is 0. The van der Waals surface area contributed by atoms with E-state index in [0.717, 1.165) is 0 Å². The number of anilines is 1. The Balaban J connectivity index is 2.60. The minimum absolute atomic E-state index is 0.0722. The third-order valence-electron chi connectivity index (χ3n) is 2.08. The van der Waals surface area contributed by atoms with Gasteiger partial charge < -0.3 is 19.7 Å². The van der Waals surface area contributed by atoms with Crippen molar-refractivity contribution >= 4 is 5.95 Å². The van der Waals surface area contributed by atoms with Gasteiger partial charge in [0.25, 0.3) is 11.8 Å². The van der Waals surface area contributed by atoms with E-state index < -0.39 is 0 Å². The van der Waals surface area contributed by atoms with E-state index in [-0.39, 0.29) is 11.8 Å². The lowest BCUT2D eigenvalue weighted by Gasteiger charge is -2.08. The van der Waals surface area contributed by atoms with E-state index >= 15 is 0 Å². The molecule has 0 spiro atoms. The number of hydrogen-bond acceptors (Lipinski definition) is 6. The lowest BCUT2D eigenvalue weighted by Crippen LogP contribution is -1.93. The third-order valence-corrected chi connectivity index (χ3v) is 2.08. The molecule has 6 nitrogen and oxygen atoms in total. The van der Waals surface area contributed by atoms with E-state index in [1.807, 2.05) is 0 Å². The standard InChI is InChI=1S/C10H11N3O3/c1-14-6-4-3-5-7(15-2)8(6)9-12-10(11)13-16-9/h3-5H,1-2H3,(H2,11,13). The summed E-state index contributed by atoms with van der Waals surface area (Å²) in [5, 5.41) is 3.52. The van der Waals surface area contributed by atoms with Gasteiger partial charge in [-0.05, 0) is 17.3 Å². The Hall–Kier alpha value is -2.24. The number of benzene rings is 1. The Morgan fingerprint density at radius 3 is 2.25 bits per heavy atom. The largest absolute Gasteiger partial charge is 0.496 e. The molecular formula is C10H11N3O3. The lowest BCUT2D eigenvalue weighted by atomic mass is 10.1. The zero-order valence-corrected chi connectivity index (χ0v) is 8.93. The number of rotatable bonds is 3. The Labute approximate surface area is 92.0 Å². The van der Waals surface area contributed by atoms with Gasteiger partial charge in [-0.1, -0.05) is 6.07 Å². The summed E-state index contributed by atoms with van der Waals surface area (Å²) in [7, 11) is 3.11. The molecule has 0 amide bonds. The monoisotopic (exact) mass is 221 g/mol. The molecule has 2 N–H and O–H groups in total. The van der Waals surface area contributed by atoms with E-state index in [0.29, 0.717) is 17.1 Å². The van der Waals surface area contributed by atoms with Gasteiger partial charge in [-0.25, -0.2) is 0 Å². The molecule has 2 aromatic rings. The van der Waals surface area contributed by atoms with Crippen molar-refractivity contribution in [2.75, 3.05) is 20.0 Å². The molecule has 1 aromatic carbocycles. The Kier molecular flexibility index (Phi) is 2.63. The molecule has 84 valence electrons. The van der Waals surface area contributed by atoms with Gasteiger partial charge in [0.1, 0.15) is 17.1 Å². The van der Waals surface area contributed by atoms with Gasteiger partial charge in [0.05, 0.1) is 14.2 Å². The van der Waals surface area contributed by atoms with E-state index in [2.05, 4.69) is 10.1 Å². The fraction of sp³-hybridized carbons (Fsp3) is 0.200. The van der Waals surface area contributed by atoms with Gasteiger partial charge in [0.2, 0.25) is 0 Å². The maximum absolute atomic E-state index is 5.40.